The zero-order chi connectivity index (χ0) is 18.5. The molecule has 6 heteroatoms. The van der Waals surface area contributed by atoms with E-state index in [1.54, 1.807) is 12.4 Å². The third kappa shape index (κ3) is 4.26. The smallest absolute Gasteiger partial charge is 0.337 e. The van der Waals surface area contributed by atoms with E-state index in [9.17, 15) is 14.7 Å². The lowest BCUT2D eigenvalue weighted by Gasteiger charge is -2.09. The molecule has 1 aromatic heterocycles. The van der Waals surface area contributed by atoms with Crippen LogP contribution in [0, 0.1) is 0 Å². The number of carbonyl (C=O) groups is 2. The number of carboxylic acids is 1. The number of nitrogens with zero attached hydrogens (tertiary/aromatic N) is 1. The highest BCUT2D eigenvalue weighted by Gasteiger charge is 2.13. The van der Waals surface area contributed by atoms with E-state index < -0.39 is 5.97 Å². The zero-order valence-corrected chi connectivity index (χ0v) is 14.4. The van der Waals surface area contributed by atoms with Gasteiger partial charge in [0, 0.05) is 17.4 Å². The maximum Gasteiger partial charge on any atom is 0.337 e. The van der Waals surface area contributed by atoms with Crippen LogP contribution in [-0.4, -0.2) is 22.0 Å². The van der Waals surface area contributed by atoms with Crippen molar-refractivity contribution in [2.24, 2.45) is 0 Å². The Balaban J connectivity index is 1.71. The number of aromatic nitrogens is 1. The summed E-state index contributed by atoms with van der Waals surface area (Å²) in [5.41, 5.74) is 2.99. The molecule has 0 fully saturated rings. The second-order valence-corrected chi connectivity index (χ2v) is 6.10. The highest BCUT2D eigenvalue weighted by atomic mass is 35.5. The molecule has 2 N–H and O–H groups in total. The maximum absolute atomic E-state index is 12.3. The third-order valence-electron chi connectivity index (χ3n) is 3.80. The van der Waals surface area contributed by atoms with Gasteiger partial charge in [0.05, 0.1) is 17.7 Å². The number of aromatic carboxylic acids is 1. The molecule has 3 rings (SSSR count). The Labute approximate surface area is 155 Å². The highest BCUT2D eigenvalue weighted by molar-refractivity contribution is 6.31. The van der Waals surface area contributed by atoms with Crippen LogP contribution in [0.15, 0.2) is 67.0 Å². The first-order chi connectivity index (χ1) is 12.5. The monoisotopic (exact) mass is 366 g/mol. The molecule has 0 aliphatic rings. The fraction of sp³-hybridized carbons (Fsp3) is 0.0500. The van der Waals surface area contributed by atoms with Gasteiger partial charge >= 0.3 is 5.97 Å². The first kappa shape index (κ1) is 17.6. The van der Waals surface area contributed by atoms with Gasteiger partial charge in [-0.25, -0.2) is 4.79 Å². The van der Waals surface area contributed by atoms with Crippen LogP contribution < -0.4 is 5.32 Å². The molecule has 0 atom stereocenters. The van der Waals surface area contributed by atoms with Gasteiger partial charge in [-0.3, -0.25) is 9.78 Å². The van der Waals surface area contributed by atoms with Crippen LogP contribution in [0.5, 0.6) is 0 Å². The molecule has 0 aliphatic heterocycles. The topological polar surface area (TPSA) is 79.3 Å². The van der Waals surface area contributed by atoms with Crippen molar-refractivity contribution in [2.75, 3.05) is 5.32 Å². The molecule has 1 heterocycles. The summed E-state index contributed by atoms with van der Waals surface area (Å²) >= 11 is 5.89. The zero-order valence-electron chi connectivity index (χ0n) is 13.6. The summed E-state index contributed by atoms with van der Waals surface area (Å²) in [4.78, 5) is 27.6. The lowest BCUT2D eigenvalue weighted by atomic mass is 10.0. The van der Waals surface area contributed by atoms with Crippen molar-refractivity contribution in [3.63, 3.8) is 0 Å². The van der Waals surface area contributed by atoms with Crippen LogP contribution in [0.2, 0.25) is 5.02 Å². The van der Waals surface area contributed by atoms with E-state index in [1.165, 1.54) is 18.2 Å². The summed E-state index contributed by atoms with van der Waals surface area (Å²) < 4.78 is 0. The van der Waals surface area contributed by atoms with Crippen molar-refractivity contribution in [2.45, 2.75) is 6.42 Å². The van der Waals surface area contributed by atoms with Crippen LogP contribution in [0.3, 0.4) is 0 Å². The molecule has 0 unspecified atom stereocenters. The van der Waals surface area contributed by atoms with Crippen LogP contribution >= 0.6 is 11.6 Å². The minimum Gasteiger partial charge on any atom is -0.478 e. The first-order valence-electron chi connectivity index (χ1n) is 7.85. The average Bonchev–Trinajstić information content (AvgIpc) is 2.63. The van der Waals surface area contributed by atoms with Gasteiger partial charge in [-0.05, 0) is 41.0 Å². The Morgan fingerprint density at radius 3 is 2.46 bits per heavy atom. The van der Waals surface area contributed by atoms with Gasteiger partial charge in [0.25, 0.3) is 0 Å². The molecule has 26 heavy (non-hydrogen) atoms. The van der Waals surface area contributed by atoms with Crippen molar-refractivity contribution < 1.29 is 14.7 Å². The van der Waals surface area contributed by atoms with Gasteiger partial charge in [-0.15, -0.1) is 0 Å². The van der Waals surface area contributed by atoms with E-state index in [0.717, 1.165) is 16.7 Å². The molecule has 2 aromatic carbocycles. The van der Waals surface area contributed by atoms with Gasteiger partial charge in [-0.1, -0.05) is 41.9 Å². The van der Waals surface area contributed by atoms with Gasteiger partial charge in [0.1, 0.15) is 0 Å². The van der Waals surface area contributed by atoms with Gasteiger partial charge in [0.2, 0.25) is 5.91 Å². The fourth-order valence-electron chi connectivity index (χ4n) is 2.53. The molecular weight excluding hydrogens is 352 g/mol. The summed E-state index contributed by atoms with van der Waals surface area (Å²) in [7, 11) is 0. The fourth-order valence-corrected chi connectivity index (χ4v) is 2.71. The van der Waals surface area contributed by atoms with Crippen molar-refractivity contribution >= 4 is 29.2 Å². The summed E-state index contributed by atoms with van der Waals surface area (Å²) in [6, 6.07) is 15.6. The van der Waals surface area contributed by atoms with E-state index in [4.69, 9.17) is 11.6 Å². The minimum absolute atomic E-state index is 0.00493. The lowest BCUT2D eigenvalue weighted by molar-refractivity contribution is -0.115. The Kier molecular flexibility index (Phi) is 5.29. The van der Waals surface area contributed by atoms with Crippen LogP contribution in [0.1, 0.15) is 15.9 Å². The third-order valence-corrected chi connectivity index (χ3v) is 4.03. The van der Waals surface area contributed by atoms with Crippen LogP contribution in [-0.2, 0) is 11.2 Å². The number of anilines is 1. The minimum atomic E-state index is -1.13. The van der Waals surface area contributed by atoms with E-state index in [2.05, 4.69) is 10.3 Å². The summed E-state index contributed by atoms with van der Waals surface area (Å²) in [6.07, 6.45) is 3.61. The number of carboxylic acid groups (broad SMARTS) is 1. The number of benzene rings is 2. The Morgan fingerprint density at radius 2 is 1.81 bits per heavy atom. The van der Waals surface area contributed by atoms with E-state index in [1.807, 2.05) is 36.4 Å². The van der Waals surface area contributed by atoms with E-state index in [-0.39, 0.29) is 23.6 Å². The van der Waals surface area contributed by atoms with E-state index in [0.29, 0.717) is 5.02 Å². The molecule has 0 radical (unpaired) electrons. The van der Waals surface area contributed by atoms with Gasteiger partial charge in [0.15, 0.2) is 0 Å². The molecule has 0 aliphatic carbocycles. The standard InChI is InChI=1S/C20H15ClN2O3/c21-16-7-8-17(20(25)26)18(11-16)23-19(24)10-13-3-5-14(6-4-13)15-2-1-9-22-12-15/h1-9,11-12H,10H2,(H,23,24)(H,25,26). The molecule has 0 spiro atoms. The molecule has 0 saturated heterocycles. The molecule has 130 valence electrons. The summed E-state index contributed by atoms with van der Waals surface area (Å²) in [6.45, 7) is 0. The number of amides is 1. The number of hydrogen-bond acceptors (Lipinski definition) is 3. The van der Waals surface area contributed by atoms with Crippen molar-refractivity contribution in [3.05, 3.63) is 83.1 Å². The highest BCUT2D eigenvalue weighted by Crippen LogP contribution is 2.22. The molecule has 1 amide bonds. The predicted molar refractivity (Wildman–Crippen MR) is 100 cm³/mol. The van der Waals surface area contributed by atoms with Gasteiger partial charge in [-0.2, -0.15) is 0 Å². The largest absolute Gasteiger partial charge is 0.478 e. The Bertz CT molecular complexity index is 941. The second-order valence-electron chi connectivity index (χ2n) is 5.66. The number of halogens is 1. The number of hydrogen-bond donors (Lipinski definition) is 2. The first-order valence-corrected chi connectivity index (χ1v) is 8.23. The number of nitrogens with one attached hydrogen (secondary N) is 1. The Morgan fingerprint density at radius 1 is 1.04 bits per heavy atom. The quantitative estimate of drug-likeness (QED) is 0.706. The lowest BCUT2D eigenvalue weighted by Crippen LogP contribution is -2.16. The van der Waals surface area contributed by atoms with E-state index >= 15 is 0 Å². The Hall–Kier alpha value is -3.18. The SMILES string of the molecule is O=C(Cc1ccc(-c2cccnc2)cc1)Nc1cc(Cl)ccc1C(=O)O. The normalized spacial score (nSPS) is 10.3. The van der Waals surface area contributed by atoms with Crippen molar-refractivity contribution in [3.8, 4) is 11.1 Å². The molecule has 3 aromatic rings. The molecule has 5 nitrogen and oxygen atoms in total. The molecular formula is C20H15ClN2O3. The number of pyridine rings is 1. The average molecular weight is 367 g/mol. The second kappa shape index (κ2) is 7.80. The predicted octanol–water partition coefficient (Wildman–Crippen LogP) is 4.28. The molecule has 0 bridgehead atoms. The van der Waals surface area contributed by atoms with Crippen LogP contribution in [0.4, 0.5) is 5.69 Å². The summed E-state index contributed by atoms with van der Waals surface area (Å²) in [5, 5.41) is 12.2. The van der Waals surface area contributed by atoms with Crippen molar-refractivity contribution in [1.82, 2.24) is 4.98 Å². The number of carbonyl (C=O) groups excluding carboxylic acids is 1. The maximum atomic E-state index is 12.3. The van der Waals surface area contributed by atoms with Gasteiger partial charge < -0.3 is 10.4 Å². The molecule has 0 saturated carbocycles. The number of rotatable bonds is 5. The summed E-state index contributed by atoms with van der Waals surface area (Å²) in [5.74, 6) is -1.44. The van der Waals surface area contributed by atoms with Crippen LogP contribution in [0.25, 0.3) is 11.1 Å². The van der Waals surface area contributed by atoms with Crippen molar-refractivity contribution in [1.29, 1.82) is 0 Å².